The van der Waals surface area contributed by atoms with Crippen molar-refractivity contribution >= 4 is 69.2 Å². The van der Waals surface area contributed by atoms with Gasteiger partial charge in [-0.15, -0.1) is 11.3 Å². The molecule has 29 heavy (non-hydrogen) atoms. The van der Waals surface area contributed by atoms with Gasteiger partial charge in [0.25, 0.3) is 0 Å². The Hall–Kier alpha value is -2.62. The zero-order valence-electron chi connectivity index (χ0n) is 16.3. The Morgan fingerprint density at radius 3 is 2.24 bits per heavy atom. The van der Waals surface area contributed by atoms with Gasteiger partial charge in [0.1, 0.15) is 0 Å². The van der Waals surface area contributed by atoms with Crippen LogP contribution in [0.1, 0.15) is 13.8 Å². The van der Waals surface area contributed by atoms with E-state index in [0.717, 1.165) is 4.47 Å². The second-order valence-electron chi connectivity index (χ2n) is 6.77. The second-order valence-corrected chi connectivity index (χ2v) is 8.73. The summed E-state index contributed by atoms with van der Waals surface area (Å²) in [5, 5.41) is 5.32. The Balaban J connectivity index is 0.000000882. The molecule has 6 rings (SSSR count). The van der Waals surface area contributed by atoms with Gasteiger partial charge < -0.3 is 4.57 Å². The normalized spacial score (nSPS) is 11.3. The van der Waals surface area contributed by atoms with Gasteiger partial charge >= 0.3 is 0 Å². The van der Waals surface area contributed by atoms with Crippen LogP contribution in [0.5, 0.6) is 0 Å². The Bertz CT molecular complexity index is 1470. The molecule has 3 heteroatoms. The summed E-state index contributed by atoms with van der Waals surface area (Å²) in [6, 6.07) is 30.5. The molecule has 0 amide bonds. The molecule has 0 bridgehead atoms. The van der Waals surface area contributed by atoms with Crippen LogP contribution in [0.4, 0.5) is 0 Å². The first-order valence-electron chi connectivity index (χ1n) is 9.90. The molecule has 0 N–H and O–H groups in total. The number of fused-ring (bicyclic) bond motifs is 7. The average Bonchev–Trinajstić information content (AvgIpc) is 3.31. The van der Waals surface area contributed by atoms with Gasteiger partial charge in [-0.2, -0.15) is 0 Å². The van der Waals surface area contributed by atoms with E-state index in [4.69, 9.17) is 0 Å². The van der Waals surface area contributed by atoms with Crippen LogP contribution in [0.15, 0.2) is 89.4 Å². The molecule has 0 saturated heterocycles. The number of hydrogen-bond donors (Lipinski definition) is 0. The van der Waals surface area contributed by atoms with Crippen LogP contribution in [-0.4, -0.2) is 4.57 Å². The van der Waals surface area contributed by atoms with Crippen molar-refractivity contribution in [3.05, 3.63) is 89.4 Å². The minimum Gasteiger partial charge on any atom is -0.309 e. The molecule has 2 heterocycles. The van der Waals surface area contributed by atoms with Crippen molar-refractivity contribution in [3.63, 3.8) is 0 Å². The quantitative estimate of drug-likeness (QED) is 0.232. The highest BCUT2D eigenvalue weighted by Gasteiger charge is 2.17. The molecule has 0 unspecified atom stereocenters. The summed E-state index contributed by atoms with van der Waals surface area (Å²) in [6.45, 7) is 4.00. The molecular formula is C26H20BrNS. The molecule has 0 aliphatic rings. The first-order chi connectivity index (χ1) is 14.3. The topological polar surface area (TPSA) is 4.93 Å². The Labute approximate surface area is 182 Å². The van der Waals surface area contributed by atoms with E-state index in [0.29, 0.717) is 0 Å². The maximum Gasteiger partial charge on any atom is 0.0555 e. The Kier molecular flexibility index (Phi) is 4.65. The fraction of sp³-hybridized carbons (Fsp3) is 0.0769. The Morgan fingerprint density at radius 1 is 0.690 bits per heavy atom. The highest BCUT2D eigenvalue weighted by Crippen LogP contribution is 2.43. The van der Waals surface area contributed by atoms with Crippen LogP contribution in [0, 0.1) is 0 Å². The molecular weight excluding hydrogens is 438 g/mol. The van der Waals surface area contributed by atoms with Crippen LogP contribution >= 0.6 is 27.3 Å². The molecule has 0 spiro atoms. The molecule has 2 aromatic heterocycles. The maximum absolute atomic E-state index is 3.68. The number of hydrogen-bond acceptors (Lipinski definition) is 1. The maximum atomic E-state index is 3.68. The number of nitrogens with zero attached hydrogens (tertiary/aromatic N) is 1. The van der Waals surface area contributed by atoms with E-state index >= 15 is 0 Å². The van der Waals surface area contributed by atoms with Crippen molar-refractivity contribution in [2.75, 3.05) is 0 Å². The number of benzene rings is 4. The van der Waals surface area contributed by atoms with Crippen LogP contribution < -0.4 is 0 Å². The lowest BCUT2D eigenvalue weighted by Gasteiger charge is -2.07. The minimum atomic E-state index is 1.11. The average molecular weight is 458 g/mol. The van der Waals surface area contributed by atoms with Gasteiger partial charge in [-0.3, -0.25) is 0 Å². The van der Waals surface area contributed by atoms with Gasteiger partial charge in [0.05, 0.1) is 11.0 Å². The van der Waals surface area contributed by atoms with E-state index in [1.54, 1.807) is 0 Å². The summed E-state index contributed by atoms with van der Waals surface area (Å²) in [5.41, 5.74) is 3.69. The van der Waals surface area contributed by atoms with Gasteiger partial charge in [0, 0.05) is 41.1 Å². The molecule has 0 aliphatic carbocycles. The van der Waals surface area contributed by atoms with Crippen molar-refractivity contribution in [3.8, 4) is 5.69 Å². The summed E-state index contributed by atoms with van der Waals surface area (Å²) in [5.74, 6) is 0. The number of para-hydroxylation sites is 1. The van der Waals surface area contributed by atoms with Gasteiger partial charge in [0.2, 0.25) is 0 Å². The van der Waals surface area contributed by atoms with Crippen molar-refractivity contribution in [2.45, 2.75) is 13.8 Å². The molecule has 0 saturated carbocycles. The van der Waals surface area contributed by atoms with Gasteiger partial charge in [-0.25, -0.2) is 0 Å². The van der Waals surface area contributed by atoms with Crippen LogP contribution in [0.25, 0.3) is 47.7 Å². The fourth-order valence-corrected chi connectivity index (χ4v) is 5.73. The molecule has 4 aromatic carbocycles. The molecule has 6 aromatic rings. The van der Waals surface area contributed by atoms with Crippen LogP contribution in [-0.2, 0) is 0 Å². The smallest absolute Gasteiger partial charge is 0.0555 e. The van der Waals surface area contributed by atoms with E-state index in [1.165, 1.54) is 47.7 Å². The first-order valence-corrected chi connectivity index (χ1v) is 11.5. The van der Waals surface area contributed by atoms with E-state index in [2.05, 4.69) is 105 Å². The molecule has 0 fully saturated rings. The summed E-state index contributed by atoms with van der Waals surface area (Å²) < 4.78 is 6.20. The highest BCUT2D eigenvalue weighted by atomic mass is 79.9. The lowest BCUT2D eigenvalue weighted by atomic mass is 10.1. The SMILES string of the molecule is Brc1ccc2c(c1)c1c3sc4ccccc4c3ccc1n2-c1ccccc1.CC. The standard InChI is InChI=1S/C24H14BrNS.C2H6/c25-15-10-12-20-19(14-15)23-21(26(20)16-6-2-1-3-7-16)13-11-18-17-8-4-5-9-22(17)27-24(18)23;1-2/h1-14H;1-2H3. The summed E-state index contributed by atoms with van der Waals surface area (Å²) in [7, 11) is 0. The number of thiophene rings is 1. The molecule has 0 atom stereocenters. The largest absolute Gasteiger partial charge is 0.309 e. The zero-order valence-corrected chi connectivity index (χ0v) is 18.7. The van der Waals surface area contributed by atoms with Crippen molar-refractivity contribution < 1.29 is 0 Å². The zero-order chi connectivity index (χ0) is 20.0. The Morgan fingerprint density at radius 2 is 1.41 bits per heavy atom. The number of aromatic nitrogens is 1. The van der Waals surface area contributed by atoms with Crippen LogP contribution in [0.3, 0.4) is 0 Å². The van der Waals surface area contributed by atoms with E-state index in [1.807, 2.05) is 25.2 Å². The molecule has 0 aliphatic heterocycles. The van der Waals surface area contributed by atoms with E-state index < -0.39 is 0 Å². The lowest BCUT2D eigenvalue weighted by molar-refractivity contribution is 1.18. The predicted molar refractivity (Wildman–Crippen MR) is 133 cm³/mol. The summed E-state index contributed by atoms with van der Waals surface area (Å²) in [6.07, 6.45) is 0. The third kappa shape index (κ3) is 2.80. The predicted octanol–water partition coefficient (Wildman–Crippen LogP) is 8.94. The monoisotopic (exact) mass is 457 g/mol. The summed E-state index contributed by atoms with van der Waals surface area (Å²) in [4.78, 5) is 0. The molecule has 0 radical (unpaired) electrons. The van der Waals surface area contributed by atoms with Gasteiger partial charge in [-0.1, -0.05) is 72.2 Å². The fourth-order valence-electron chi connectivity index (χ4n) is 4.11. The third-order valence-corrected chi connectivity index (χ3v) is 6.95. The molecule has 142 valence electrons. The number of halogens is 1. The third-order valence-electron chi connectivity index (χ3n) is 5.25. The first kappa shape index (κ1) is 18.4. The van der Waals surface area contributed by atoms with E-state index in [9.17, 15) is 0 Å². The van der Waals surface area contributed by atoms with Crippen LogP contribution in [0.2, 0.25) is 0 Å². The van der Waals surface area contributed by atoms with Gasteiger partial charge in [-0.05, 0) is 42.5 Å². The number of rotatable bonds is 1. The highest BCUT2D eigenvalue weighted by molar-refractivity contribution is 9.10. The lowest BCUT2D eigenvalue weighted by Crippen LogP contribution is -1.92. The van der Waals surface area contributed by atoms with Crippen molar-refractivity contribution in [1.82, 2.24) is 4.57 Å². The minimum absolute atomic E-state index is 1.11. The summed E-state index contributed by atoms with van der Waals surface area (Å²) >= 11 is 5.57. The van der Waals surface area contributed by atoms with E-state index in [-0.39, 0.29) is 0 Å². The second kappa shape index (κ2) is 7.33. The van der Waals surface area contributed by atoms with Crippen molar-refractivity contribution in [1.29, 1.82) is 0 Å². The van der Waals surface area contributed by atoms with Crippen molar-refractivity contribution in [2.24, 2.45) is 0 Å². The molecule has 1 nitrogen and oxygen atoms in total. The van der Waals surface area contributed by atoms with Gasteiger partial charge in [0.15, 0.2) is 0 Å².